The maximum Gasteiger partial charge on any atom is 0.231 e. The summed E-state index contributed by atoms with van der Waals surface area (Å²) >= 11 is 3.89. The van der Waals surface area contributed by atoms with Gasteiger partial charge in [0, 0.05) is 16.3 Å². The van der Waals surface area contributed by atoms with Gasteiger partial charge in [0.05, 0.1) is 11.7 Å². The number of benzene rings is 1. The van der Waals surface area contributed by atoms with Gasteiger partial charge in [0.15, 0.2) is 5.82 Å². The van der Waals surface area contributed by atoms with Crippen LogP contribution in [0.5, 0.6) is 5.75 Å². The molecule has 0 radical (unpaired) electrons. The lowest BCUT2D eigenvalue weighted by molar-refractivity contribution is 0.379. The van der Waals surface area contributed by atoms with E-state index in [1.807, 2.05) is 35.7 Å². The van der Waals surface area contributed by atoms with Gasteiger partial charge in [0.25, 0.3) is 0 Å². The fourth-order valence-corrected chi connectivity index (χ4v) is 5.06. The molecular weight excluding hydrogens is 304 g/mol. The highest BCUT2D eigenvalue weighted by molar-refractivity contribution is 8.07. The molecule has 2 heterocycles. The lowest BCUT2D eigenvalue weighted by Gasteiger charge is -2.29. The maximum absolute atomic E-state index is 9.48. The van der Waals surface area contributed by atoms with Crippen molar-refractivity contribution in [3.05, 3.63) is 41.5 Å². The number of aromatic hydroxyl groups is 1. The standard InChI is InChI=1S/C15H18N2O2S2/c1-9-10(2)21-13(8-20-9)15-16-14(19-17-15)7-11-4-3-5-12(18)6-11/h3-6,9-10,13,18H,7-8H2,1-2H3. The highest BCUT2D eigenvalue weighted by Crippen LogP contribution is 2.43. The number of phenols is 1. The number of aromatic nitrogens is 2. The van der Waals surface area contributed by atoms with E-state index in [4.69, 9.17) is 4.52 Å². The van der Waals surface area contributed by atoms with Crippen LogP contribution in [-0.4, -0.2) is 31.5 Å². The molecule has 0 bridgehead atoms. The van der Waals surface area contributed by atoms with E-state index in [2.05, 4.69) is 24.0 Å². The third kappa shape index (κ3) is 3.55. The Morgan fingerprint density at radius 2 is 2.19 bits per heavy atom. The summed E-state index contributed by atoms with van der Waals surface area (Å²) in [4.78, 5) is 4.52. The minimum Gasteiger partial charge on any atom is -0.508 e. The predicted octanol–water partition coefficient (Wildman–Crippen LogP) is 3.66. The molecule has 1 N–H and O–H groups in total. The summed E-state index contributed by atoms with van der Waals surface area (Å²) in [6, 6.07) is 7.14. The Hall–Kier alpha value is -1.14. The van der Waals surface area contributed by atoms with Gasteiger partial charge in [0.2, 0.25) is 5.89 Å². The van der Waals surface area contributed by atoms with Crippen LogP contribution >= 0.6 is 23.5 Å². The van der Waals surface area contributed by atoms with Crippen molar-refractivity contribution in [1.82, 2.24) is 10.1 Å². The Balaban J connectivity index is 1.69. The van der Waals surface area contributed by atoms with E-state index in [0.717, 1.165) is 17.1 Å². The molecule has 3 atom stereocenters. The molecule has 0 aliphatic carbocycles. The minimum absolute atomic E-state index is 0.259. The minimum atomic E-state index is 0.259. The molecule has 0 amide bonds. The van der Waals surface area contributed by atoms with Crippen LogP contribution in [0.2, 0.25) is 0 Å². The first-order valence-electron chi connectivity index (χ1n) is 6.99. The van der Waals surface area contributed by atoms with E-state index in [-0.39, 0.29) is 5.75 Å². The third-order valence-corrected chi connectivity index (χ3v) is 6.97. The van der Waals surface area contributed by atoms with Gasteiger partial charge in [-0.05, 0) is 17.7 Å². The fourth-order valence-electron chi connectivity index (χ4n) is 2.23. The molecule has 1 aliphatic rings. The molecule has 112 valence electrons. The largest absolute Gasteiger partial charge is 0.508 e. The van der Waals surface area contributed by atoms with E-state index >= 15 is 0 Å². The number of nitrogens with zero attached hydrogens (tertiary/aromatic N) is 2. The van der Waals surface area contributed by atoms with Gasteiger partial charge in [-0.1, -0.05) is 31.1 Å². The van der Waals surface area contributed by atoms with Crippen molar-refractivity contribution in [3.8, 4) is 5.75 Å². The van der Waals surface area contributed by atoms with Gasteiger partial charge in [-0.15, -0.1) is 11.8 Å². The summed E-state index contributed by atoms with van der Waals surface area (Å²) < 4.78 is 5.36. The van der Waals surface area contributed by atoms with Crippen LogP contribution in [0.1, 0.15) is 36.4 Å². The number of phenolic OH excluding ortho intramolecular Hbond substituents is 1. The zero-order chi connectivity index (χ0) is 14.8. The van der Waals surface area contributed by atoms with Crippen molar-refractivity contribution in [2.45, 2.75) is 36.0 Å². The smallest absolute Gasteiger partial charge is 0.231 e. The summed E-state index contributed by atoms with van der Waals surface area (Å²) in [5.74, 6) is 2.68. The molecule has 0 spiro atoms. The van der Waals surface area contributed by atoms with Crippen molar-refractivity contribution in [2.24, 2.45) is 0 Å². The fraction of sp³-hybridized carbons (Fsp3) is 0.467. The van der Waals surface area contributed by atoms with E-state index in [1.54, 1.807) is 12.1 Å². The molecule has 0 saturated carbocycles. The van der Waals surface area contributed by atoms with E-state index < -0.39 is 0 Å². The average Bonchev–Trinajstić information content (AvgIpc) is 2.90. The lowest BCUT2D eigenvalue weighted by Crippen LogP contribution is -2.22. The second-order valence-electron chi connectivity index (χ2n) is 5.26. The van der Waals surface area contributed by atoms with Crippen LogP contribution in [0.3, 0.4) is 0 Å². The van der Waals surface area contributed by atoms with Gasteiger partial charge >= 0.3 is 0 Å². The summed E-state index contributed by atoms with van der Waals surface area (Å²) in [5.41, 5.74) is 0.970. The van der Waals surface area contributed by atoms with E-state index in [0.29, 0.717) is 28.1 Å². The van der Waals surface area contributed by atoms with Gasteiger partial charge in [-0.25, -0.2) is 0 Å². The van der Waals surface area contributed by atoms with Crippen molar-refractivity contribution in [1.29, 1.82) is 0 Å². The highest BCUT2D eigenvalue weighted by Gasteiger charge is 2.29. The number of thioether (sulfide) groups is 2. The van der Waals surface area contributed by atoms with Crippen molar-refractivity contribution >= 4 is 23.5 Å². The molecule has 1 aromatic heterocycles. The molecule has 1 fully saturated rings. The topological polar surface area (TPSA) is 59.2 Å². The summed E-state index contributed by atoms with van der Waals surface area (Å²) in [6.07, 6.45) is 0.553. The molecule has 1 saturated heterocycles. The highest BCUT2D eigenvalue weighted by atomic mass is 32.2. The summed E-state index contributed by atoms with van der Waals surface area (Å²) in [5, 5.41) is 15.2. The monoisotopic (exact) mass is 322 g/mol. The van der Waals surface area contributed by atoms with Gasteiger partial charge < -0.3 is 9.63 Å². The molecule has 3 unspecified atom stereocenters. The lowest BCUT2D eigenvalue weighted by atomic mass is 10.1. The van der Waals surface area contributed by atoms with Crippen molar-refractivity contribution < 1.29 is 9.63 Å². The Morgan fingerprint density at radius 3 is 2.95 bits per heavy atom. The Labute approximate surface area is 132 Å². The zero-order valence-corrected chi connectivity index (χ0v) is 13.7. The molecule has 2 aromatic rings. The van der Waals surface area contributed by atoms with Gasteiger partial charge in [0.1, 0.15) is 5.75 Å². The van der Waals surface area contributed by atoms with Crippen LogP contribution in [0, 0.1) is 0 Å². The second-order valence-corrected chi connectivity index (χ2v) is 8.26. The van der Waals surface area contributed by atoms with Crippen LogP contribution in [-0.2, 0) is 6.42 Å². The average molecular weight is 322 g/mol. The first-order chi connectivity index (χ1) is 10.1. The van der Waals surface area contributed by atoms with Crippen LogP contribution in [0.15, 0.2) is 28.8 Å². The second kappa shape index (κ2) is 6.32. The SMILES string of the molecule is CC1SCC(c2noc(Cc3cccc(O)c3)n2)SC1C. The maximum atomic E-state index is 9.48. The molecule has 6 heteroatoms. The molecule has 1 aliphatic heterocycles. The third-order valence-electron chi connectivity index (χ3n) is 3.59. The zero-order valence-electron chi connectivity index (χ0n) is 12.0. The first kappa shape index (κ1) is 14.8. The molecule has 4 nitrogen and oxygen atoms in total. The van der Waals surface area contributed by atoms with Crippen LogP contribution in [0.4, 0.5) is 0 Å². The molecule has 1 aromatic carbocycles. The number of hydrogen-bond acceptors (Lipinski definition) is 6. The number of hydrogen-bond donors (Lipinski definition) is 1. The first-order valence-corrected chi connectivity index (χ1v) is 8.98. The molecule has 3 rings (SSSR count). The van der Waals surface area contributed by atoms with E-state index in [1.165, 1.54) is 0 Å². The summed E-state index contributed by atoms with van der Waals surface area (Å²) in [6.45, 7) is 4.52. The van der Waals surface area contributed by atoms with Crippen LogP contribution < -0.4 is 0 Å². The quantitative estimate of drug-likeness (QED) is 0.930. The van der Waals surface area contributed by atoms with Gasteiger partial charge in [-0.3, -0.25) is 0 Å². The Kier molecular flexibility index (Phi) is 4.45. The normalized spacial score (nSPS) is 25.9. The summed E-state index contributed by atoms with van der Waals surface area (Å²) in [7, 11) is 0. The van der Waals surface area contributed by atoms with Crippen molar-refractivity contribution in [3.63, 3.8) is 0 Å². The van der Waals surface area contributed by atoms with Crippen molar-refractivity contribution in [2.75, 3.05) is 5.75 Å². The Bertz CT molecular complexity index is 617. The molecular formula is C15H18N2O2S2. The van der Waals surface area contributed by atoms with E-state index in [9.17, 15) is 5.11 Å². The van der Waals surface area contributed by atoms with Gasteiger partial charge in [-0.2, -0.15) is 16.7 Å². The molecule has 21 heavy (non-hydrogen) atoms. The van der Waals surface area contributed by atoms with Crippen LogP contribution in [0.25, 0.3) is 0 Å². The number of rotatable bonds is 3. The predicted molar refractivity (Wildman–Crippen MR) is 86.9 cm³/mol. The Morgan fingerprint density at radius 1 is 1.33 bits per heavy atom.